The van der Waals surface area contributed by atoms with Crippen LogP contribution in [-0.2, 0) is 6.54 Å². The number of Topliss-reactive ketones (excluding diaryl/α,β-unsaturated/α-hetero) is 1. The van der Waals surface area contributed by atoms with Crippen molar-refractivity contribution in [2.75, 3.05) is 5.32 Å². The predicted octanol–water partition coefficient (Wildman–Crippen LogP) is 4.95. The third-order valence-corrected chi connectivity index (χ3v) is 5.65. The number of anilines is 2. The predicted molar refractivity (Wildman–Crippen MR) is 122 cm³/mol. The van der Waals surface area contributed by atoms with E-state index in [-0.39, 0.29) is 28.4 Å². The van der Waals surface area contributed by atoms with Crippen LogP contribution in [0.2, 0.25) is 0 Å². The van der Waals surface area contributed by atoms with E-state index < -0.39 is 0 Å². The molecule has 0 aliphatic heterocycles. The Morgan fingerprint density at radius 2 is 1.88 bits per heavy atom. The summed E-state index contributed by atoms with van der Waals surface area (Å²) >= 11 is 0. The summed E-state index contributed by atoms with van der Waals surface area (Å²) in [6.07, 6.45) is 3.77. The molecule has 0 amide bonds. The van der Waals surface area contributed by atoms with Crippen LogP contribution >= 0.6 is 0 Å². The SMILES string of the molecule is CC(=O)c1c(-c2ccc(F)cc2)nn(CC2CC2)c(=O)c1Nc1cccc2cccnc12. The van der Waals surface area contributed by atoms with Gasteiger partial charge in [0.05, 0.1) is 16.8 Å². The molecule has 32 heavy (non-hydrogen) atoms. The van der Waals surface area contributed by atoms with Gasteiger partial charge in [0.1, 0.15) is 17.2 Å². The number of aromatic nitrogens is 3. The van der Waals surface area contributed by atoms with E-state index in [1.54, 1.807) is 18.3 Å². The van der Waals surface area contributed by atoms with Gasteiger partial charge in [-0.2, -0.15) is 5.10 Å². The van der Waals surface area contributed by atoms with Crippen molar-refractivity contribution in [3.8, 4) is 11.3 Å². The fourth-order valence-electron chi connectivity index (χ4n) is 3.85. The van der Waals surface area contributed by atoms with E-state index in [1.807, 2.05) is 30.3 Å². The quantitative estimate of drug-likeness (QED) is 0.440. The van der Waals surface area contributed by atoms with E-state index in [0.717, 1.165) is 18.2 Å². The number of pyridine rings is 1. The maximum atomic E-state index is 13.5. The molecule has 1 saturated carbocycles. The highest BCUT2D eigenvalue weighted by Gasteiger charge is 2.27. The molecule has 2 aromatic heterocycles. The highest BCUT2D eigenvalue weighted by Crippen LogP contribution is 2.33. The molecule has 0 saturated heterocycles. The molecule has 4 aromatic rings. The van der Waals surface area contributed by atoms with Gasteiger partial charge in [0.15, 0.2) is 5.78 Å². The number of hydrogen-bond acceptors (Lipinski definition) is 5. The maximum Gasteiger partial charge on any atom is 0.291 e. The van der Waals surface area contributed by atoms with Gasteiger partial charge >= 0.3 is 0 Å². The fourth-order valence-corrected chi connectivity index (χ4v) is 3.85. The zero-order chi connectivity index (χ0) is 22.2. The van der Waals surface area contributed by atoms with Gasteiger partial charge in [-0.25, -0.2) is 9.07 Å². The molecule has 2 aromatic carbocycles. The number of rotatable bonds is 6. The van der Waals surface area contributed by atoms with Crippen LogP contribution < -0.4 is 10.9 Å². The molecular weight excluding hydrogens is 407 g/mol. The van der Waals surface area contributed by atoms with Crippen LogP contribution in [0.3, 0.4) is 0 Å². The topological polar surface area (TPSA) is 76.9 Å². The van der Waals surface area contributed by atoms with E-state index >= 15 is 0 Å². The Labute approximate surface area is 183 Å². The third kappa shape index (κ3) is 3.77. The number of benzene rings is 2. The molecule has 160 valence electrons. The molecule has 2 heterocycles. The summed E-state index contributed by atoms with van der Waals surface area (Å²) in [4.78, 5) is 30.6. The molecule has 0 spiro atoms. The van der Waals surface area contributed by atoms with Gasteiger partial charge in [-0.1, -0.05) is 18.2 Å². The van der Waals surface area contributed by atoms with Crippen molar-refractivity contribution in [2.45, 2.75) is 26.3 Å². The normalized spacial score (nSPS) is 13.3. The first-order valence-electron chi connectivity index (χ1n) is 10.5. The lowest BCUT2D eigenvalue weighted by Crippen LogP contribution is -2.29. The van der Waals surface area contributed by atoms with E-state index in [4.69, 9.17) is 0 Å². The summed E-state index contributed by atoms with van der Waals surface area (Å²) in [6, 6.07) is 15.2. The highest BCUT2D eigenvalue weighted by molar-refractivity contribution is 6.06. The minimum atomic E-state index is -0.385. The van der Waals surface area contributed by atoms with Crippen molar-refractivity contribution < 1.29 is 9.18 Å². The number of fused-ring (bicyclic) bond motifs is 1. The number of halogens is 1. The highest BCUT2D eigenvalue weighted by atomic mass is 19.1. The number of carbonyl (C=O) groups is 1. The van der Waals surface area contributed by atoms with Gasteiger partial charge in [-0.15, -0.1) is 0 Å². The van der Waals surface area contributed by atoms with Crippen molar-refractivity contribution >= 4 is 28.1 Å². The van der Waals surface area contributed by atoms with Crippen LogP contribution in [0.1, 0.15) is 30.1 Å². The van der Waals surface area contributed by atoms with Crippen LogP contribution in [0.15, 0.2) is 65.6 Å². The molecule has 1 N–H and O–H groups in total. The van der Waals surface area contributed by atoms with E-state index in [0.29, 0.717) is 34.9 Å². The monoisotopic (exact) mass is 428 g/mol. The molecule has 1 aliphatic carbocycles. The molecule has 0 bridgehead atoms. The number of carbonyl (C=O) groups excluding carboxylic acids is 1. The van der Waals surface area contributed by atoms with Crippen LogP contribution in [0.25, 0.3) is 22.2 Å². The summed E-state index contributed by atoms with van der Waals surface area (Å²) < 4.78 is 15.0. The smallest absolute Gasteiger partial charge is 0.291 e. The fraction of sp³-hybridized carbons (Fsp3) is 0.200. The first-order valence-corrected chi connectivity index (χ1v) is 10.5. The second-order valence-electron chi connectivity index (χ2n) is 8.10. The standard InChI is InChI=1S/C25H21FN4O2/c1-15(31)21-23(18-9-11-19(26)12-10-18)29-30(14-16-7-8-16)25(32)24(21)28-20-6-2-4-17-5-3-13-27-22(17)20/h2-6,9-13,16,28H,7-8,14H2,1H3. The van der Waals surface area contributed by atoms with Crippen LogP contribution in [-0.4, -0.2) is 20.5 Å². The van der Waals surface area contributed by atoms with E-state index in [1.165, 1.54) is 23.7 Å². The lowest BCUT2D eigenvalue weighted by atomic mass is 10.0. The summed E-state index contributed by atoms with van der Waals surface area (Å²) in [6.45, 7) is 1.88. The molecule has 0 radical (unpaired) electrons. The second kappa shape index (κ2) is 8.00. The third-order valence-electron chi connectivity index (χ3n) is 5.65. The van der Waals surface area contributed by atoms with Gasteiger partial charge < -0.3 is 5.32 Å². The Balaban J connectivity index is 1.74. The minimum Gasteiger partial charge on any atom is -0.349 e. The largest absolute Gasteiger partial charge is 0.349 e. The maximum absolute atomic E-state index is 13.5. The lowest BCUT2D eigenvalue weighted by Gasteiger charge is -2.17. The summed E-state index contributed by atoms with van der Waals surface area (Å²) in [5.74, 6) is -0.288. The first kappa shape index (κ1) is 20.1. The van der Waals surface area contributed by atoms with Crippen LogP contribution in [0.5, 0.6) is 0 Å². The zero-order valence-electron chi connectivity index (χ0n) is 17.5. The van der Waals surface area contributed by atoms with Gasteiger partial charge in [0, 0.05) is 23.7 Å². The van der Waals surface area contributed by atoms with E-state index in [2.05, 4.69) is 15.4 Å². The van der Waals surface area contributed by atoms with Gasteiger partial charge in [-0.05, 0) is 62.1 Å². The Morgan fingerprint density at radius 1 is 1.12 bits per heavy atom. The average Bonchev–Trinajstić information content (AvgIpc) is 3.61. The molecule has 5 rings (SSSR count). The Hall–Kier alpha value is -3.87. The number of para-hydroxylation sites is 1. The summed E-state index contributed by atoms with van der Waals surface area (Å²) in [5, 5.41) is 8.64. The number of hydrogen-bond donors (Lipinski definition) is 1. The van der Waals surface area contributed by atoms with Crippen molar-refractivity contribution in [1.82, 2.24) is 14.8 Å². The van der Waals surface area contributed by atoms with Gasteiger partial charge in [-0.3, -0.25) is 14.6 Å². The van der Waals surface area contributed by atoms with Crippen molar-refractivity contribution in [3.05, 3.63) is 82.5 Å². The molecule has 1 fully saturated rings. The van der Waals surface area contributed by atoms with Crippen molar-refractivity contribution in [3.63, 3.8) is 0 Å². The van der Waals surface area contributed by atoms with Crippen LogP contribution in [0.4, 0.5) is 15.8 Å². The Morgan fingerprint density at radius 3 is 2.59 bits per heavy atom. The minimum absolute atomic E-state index is 0.158. The van der Waals surface area contributed by atoms with Crippen molar-refractivity contribution in [1.29, 1.82) is 0 Å². The number of nitrogens with zero attached hydrogens (tertiary/aromatic N) is 3. The summed E-state index contributed by atoms with van der Waals surface area (Å²) in [5.41, 5.74) is 2.22. The Bertz CT molecular complexity index is 1390. The molecule has 7 heteroatoms. The number of ketones is 1. The van der Waals surface area contributed by atoms with E-state index in [9.17, 15) is 14.0 Å². The summed E-state index contributed by atoms with van der Waals surface area (Å²) in [7, 11) is 0. The molecular formula is C25H21FN4O2. The number of nitrogens with one attached hydrogen (secondary N) is 1. The van der Waals surface area contributed by atoms with Crippen molar-refractivity contribution in [2.24, 2.45) is 5.92 Å². The second-order valence-corrected chi connectivity index (χ2v) is 8.10. The molecule has 0 unspecified atom stereocenters. The van der Waals surface area contributed by atoms with Gasteiger partial charge in [0.25, 0.3) is 5.56 Å². The average molecular weight is 428 g/mol. The Kier molecular flexibility index (Phi) is 5.01. The molecule has 6 nitrogen and oxygen atoms in total. The van der Waals surface area contributed by atoms with Gasteiger partial charge in [0.2, 0.25) is 0 Å². The molecule has 0 atom stereocenters. The zero-order valence-corrected chi connectivity index (χ0v) is 17.5. The molecule has 1 aliphatic rings. The lowest BCUT2D eigenvalue weighted by molar-refractivity contribution is 0.101. The first-order chi connectivity index (χ1) is 15.5. The van der Waals surface area contributed by atoms with Crippen LogP contribution in [0, 0.1) is 11.7 Å².